The van der Waals surface area contributed by atoms with Crippen molar-refractivity contribution in [1.29, 1.82) is 0 Å². The van der Waals surface area contributed by atoms with E-state index < -0.39 is 103 Å². The van der Waals surface area contributed by atoms with Gasteiger partial charge in [-0.15, -0.1) is 5.10 Å². The van der Waals surface area contributed by atoms with Crippen molar-refractivity contribution in [1.82, 2.24) is 19.9 Å². The summed E-state index contributed by atoms with van der Waals surface area (Å²) in [6.45, 7) is 11.4. The molecule has 0 amide bonds. The molecule has 3 aromatic carbocycles. The molecule has 4 unspecified atom stereocenters. The molecule has 3 aliphatic heterocycles. The molecule has 17 heteroatoms. The lowest BCUT2D eigenvalue weighted by Crippen LogP contribution is -2.63. The maximum atomic E-state index is 14.2. The summed E-state index contributed by atoms with van der Waals surface area (Å²) in [5, 5.41) is 59.3. The summed E-state index contributed by atoms with van der Waals surface area (Å²) < 4.78 is 44.4. The molecular formula is C56H78N4O13. The molecule has 7 rings (SSSR count). The number of benzene rings is 3. The summed E-state index contributed by atoms with van der Waals surface area (Å²) in [6.07, 6.45) is -2.42. The van der Waals surface area contributed by atoms with E-state index in [0.29, 0.717) is 37.9 Å². The van der Waals surface area contributed by atoms with Crippen molar-refractivity contribution in [3.63, 3.8) is 0 Å². The van der Waals surface area contributed by atoms with E-state index in [4.69, 9.17) is 33.2 Å². The lowest BCUT2D eigenvalue weighted by atomic mass is 9.79. The number of likely N-dealkylation sites (N-methyl/N-ethyl adjacent to an activating group) is 1. The van der Waals surface area contributed by atoms with Crippen LogP contribution in [0.15, 0.2) is 84.6 Å². The van der Waals surface area contributed by atoms with Crippen molar-refractivity contribution in [3.8, 4) is 11.3 Å². The molecule has 2 fully saturated rings. The van der Waals surface area contributed by atoms with Crippen LogP contribution in [-0.2, 0) is 49.3 Å². The van der Waals surface area contributed by atoms with Gasteiger partial charge in [0.15, 0.2) is 18.4 Å². The van der Waals surface area contributed by atoms with E-state index >= 15 is 0 Å². The monoisotopic (exact) mass is 1010 g/mol. The number of methoxy groups -OCH3 is 2. The highest BCUT2D eigenvalue weighted by atomic mass is 16.7. The molecule has 4 heterocycles. The number of nitrogens with zero attached hydrogens (tertiary/aromatic N) is 4. The number of cyclic esters (lactones) is 1. The van der Waals surface area contributed by atoms with Crippen LogP contribution in [0.4, 0.5) is 0 Å². The SMILES string of the molecule is CC[C@H]1OC(=O)C[C@@H](O)[C@H](C)[C@@H](O[C@@H]2O[C@H](C)[C@@H](O)C(N(C)C)C2O)[C@@H](CCn2cc(-c3cc4ccccc4c4ccccc34)nn2)C[C@@H](C)C(=O)/C=C/C(C)=C/[C@@H]1CCO[C@@H]1OC(C)[C@@H](O)[C@H](OC)C1OC. The maximum Gasteiger partial charge on any atom is 0.308 e. The van der Waals surface area contributed by atoms with Gasteiger partial charge in [-0.25, -0.2) is 0 Å². The summed E-state index contributed by atoms with van der Waals surface area (Å²) >= 11 is 0. The van der Waals surface area contributed by atoms with Crippen molar-refractivity contribution >= 4 is 33.3 Å². The smallest absolute Gasteiger partial charge is 0.308 e. The summed E-state index contributed by atoms with van der Waals surface area (Å²) in [6, 6.07) is 17.9. The van der Waals surface area contributed by atoms with Crippen LogP contribution in [0.5, 0.6) is 0 Å². The highest BCUT2D eigenvalue weighted by Crippen LogP contribution is 2.37. The van der Waals surface area contributed by atoms with Crippen molar-refractivity contribution in [2.45, 2.75) is 160 Å². The van der Waals surface area contributed by atoms with Gasteiger partial charge in [0.05, 0.1) is 55.8 Å². The Kier molecular flexibility index (Phi) is 19.5. The van der Waals surface area contributed by atoms with E-state index in [0.717, 1.165) is 32.7 Å². The van der Waals surface area contributed by atoms with Crippen molar-refractivity contribution < 1.29 is 63.2 Å². The Hall–Kier alpha value is -4.50. The first-order valence-electron chi connectivity index (χ1n) is 25.9. The van der Waals surface area contributed by atoms with Gasteiger partial charge in [0.2, 0.25) is 0 Å². The van der Waals surface area contributed by atoms with E-state index in [1.807, 2.05) is 57.3 Å². The van der Waals surface area contributed by atoms with Gasteiger partial charge < -0.3 is 58.5 Å². The predicted octanol–water partition coefficient (Wildman–Crippen LogP) is 6.02. The van der Waals surface area contributed by atoms with Gasteiger partial charge in [0.1, 0.15) is 36.2 Å². The van der Waals surface area contributed by atoms with Crippen LogP contribution in [0.1, 0.15) is 73.6 Å². The van der Waals surface area contributed by atoms with Crippen molar-refractivity contribution in [2.24, 2.45) is 23.7 Å². The Morgan fingerprint density at radius 3 is 2.18 bits per heavy atom. The van der Waals surface area contributed by atoms with E-state index in [1.54, 1.807) is 56.6 Å². The van der Waals surface area contributed by atoms with Crippen LogP contribution in [0.3, 0.4) is 0 Å². The molecule has 17 nitrogen and oxygen atoms in total. The fourth-order valence-corrected chi connectivity index (χ4v) is 11.0. The Labute approximate surface area is 429 Å². The number of aryl methyl sites for hydroxylation is 1. The molecule has 4 N–H and O–H groups in total. The van der Waals surface area contributed by atoms with Gasteiger partial charge in [-0.05, 0) is 100 Å². The fraction of sp³-hybridized carbons (Fsp3) is 0.607. The number of aromatic nitrogens is 3. The second-order valence-electron chi connectivity index (χ2n) is 20.6. The number of aliphatic hydroxyl groups is 4. The lowest BCUT2D eigenvalue weighted by molar-refractivity contribution is -0.304. The van der Waals surface area contributed by atoms with Crippen LogP contribution < -0.4 is 0 Å². The zero-order valence-electron chi connectivity index (χ0n) is 44.0. The second-order valence-corrected chi connectivity index (χ2v) is 20.6. The Morgan fingerprint density at radius 1 is 0.808 bits per heavy atom. The molecule has 73 heavy (non-hydrogen) atoms. The number of esters is 1. The van der Waals surface area contributed by atoms with Gasteiger partial charge in [-0.2, -0.15) is 0 Å². The zero-order valence-corrected chi connectivity index (χ0v) is 44.0. The quantitative estimate of drug-likeness (QED) is 0.0840. The molecule has 0 bridgehead atoms. The molecule has 0 radical (unpaired) electrons. The first-order chi connectivity index (χ1) is 34.9. The summed E-state index contributed by atoms with van der Waals surface area (Å²) in [5.74, 6) is -2.86. The minimum atomic E-state index is -1.30. The third-order valence-electron chi connectivity index (χ3n) is 15.3. The Balaban J connectivity index is 1.18. The molecule has 17 atom stereocenters. The fourth-order valence-electron chi connectivity index (χ4n) is 11.0. The second kappa shape index (κ2) is 25.4. The van der Waals surface area contributed by atoms with Crippen LogP contribution in [0.25, 0.3) is 32.8 Å². The summed E-state index contributed by atoms with van der Waals surface area (Å²) in [5.41, 5.74) is 2.41. The molecule has 4 aromatic rings. The van der Waals surface area contributed by atoms with E-state index in [1.165, 1.54) is 14.2 Å². The van der Waals surface area contributed by atoms with Gasteiger partial charge in [-0.1, -0.05) is 92.2 Å². The average molecular weight is 1020 g/mol. The van der Waals surface area contributed by atoms with Crippen molar-refractivity contribution in [2.75, 3.05) is 34.9 Å². The largest absolute Gasteiger partial charge is 0.462 e. The van der Waals surface area contributed by atoms with Crippen molar-refractivity contribution in [3.05, 3.63) is 84.6 Å². The van der Waals surface area contributed by atoms with Gasteiger partial charge in [0, 0.05) is 44.1 Å². The normalized spacial score (nSPS) is 35.5. The molecule has 3 aliphatic rings. The van der Waals surface area contributed by atoms with E-state index in [-0.39, 0.29) is 24.7 Å². The number of aliphatic hydroxyl groups excluding tert-OH is 4. The first-order valence-corrected chi connectivity index (χ1v) is 25.9. The minimum absolute atomic E-state index is 0.121. The number of rotatable bonds is 14. The van der Waals surface area contributed by atoms with Crippen LogP contribution in [-0.4, -0.2) is 167 Å². The van der Waals surface area contributed by atoms with Gasteiger partial charge >= 0.3 is 5.97 Å². The molecule has 0 aliphatic carbocycles. The third kappa shape index (κ3) is 13.1. The molecule has 1 aromatic heterocycles. The van der Waals surface area contributed by atoms with Crippen LogP contribution in [0, 0.1) is 23.7 Å². The first kappa shape index (κ1) is 56.2. The molecule has 0 saturated carbocycles. The number of carbonyl (C=O) groups is 2. The zero-order chi connectivity index (χ0) is 52.7. The van der Waals surface area contributed by atoms with Crippen LogP contribution in [0.2, 0.25) is 0 Å². The number of allylic oxidation sites excluding steroid dienone is 3. The molecular weight excluding hydrogens is 937 g/mol. The molecule has 0 spiro atoms. The van der Waals surface area contributed by atoms with Crippen LogP contribution >= 0.6 is 0 Å². The maximum absolute atomic E-state index is 14.2. The molecule has 2 saturated heterocycles. The summed E-state index contributed by atoms with van der Waals surface area (Å²) in [4.78, 5) is 30.0. The number of fused-ring (bicyclic) bond motifs is 3. The average Bonchev–Trinajstić information content (AvgIpc) is 3.85. The third-order valence-corrected chi connectivity index (χ3v) is 15.3. The number of ketones is 1. The van der Waals surface area contributed by atoms with Gasteiger partial charge in [-0.3, -0.25) is 14.3 Å². The topological polar surface area (TPSA) is 214 Å². The molecule has 400 valence electrons. The van der Waals surface area contributed by atoms with Gasteiger partial charge in [0.25, 0.3) is 0 Å². The lowest BCUT2D eigenvalue weighted by Gasteiger charge is -2.46. The Morgan fingerprint density at radius 2 is 1.48 bits per heavy atom. The number of hydrogen-bond donors (Lipinski definition) is 4. The highest BCUT2D eigenvalue weighted by molar-refractivity contribution is 6.13. The number of carbonyl (C=O) groups excluding carboxylic acids is 2. The highest BCUT2D eigenvalue weighted by Gasteiger charge is 2.48. The number of hydrogen-bond acceptors (Lipinski definition) is 16. The number of ether oxygens (including phenoxy) is 7. The minimum Gasteiger partial charge on any atom is -0.462 e. The van der Waals surface area contributed by atoms with E-state index in [2.05, 4.69) is 40.6 Å². The Bertz CT molecular complexity index is 2520. The predicted molar refractivity (Wildman–Crippen MR) is 275 cm³/mol. The van der Waals surface area contributed by atoms with E-state index in [9.17, 15) is 30.0 Å². The summed E-state index contributed by atoms with van der Waals surface area (Å²) in [7, 11) is 6.52. The standard InChI is InChI=1S/C56H78N4O13/c1-11-46-37(23-25-69-56-54(68-10)53(67-9)50(65)35(6)71-56)26-31(2)20-21-44(61)32(3)27-38(52(33(4)45(62)29-47(63)72-46)73-55-51(66)48(59(7)8)49(64)34(5)70-55)22-24-60-30-43(57-58-60)42-28-36-16-12-13-17-39(36)40-18-14-15-19-41(40)42/h12-21,26,28,30,32-35,37-38,45-46,48-56,62,64-66H,11,22-25,27,29H2,1-10H3/b21-20+,31-26+/t32-,33+,34-,35?,37+,38+,45-,46-,48?,49-,50-,51?,52-,53+,54?,55+,56-/m1/s1.